The molecule has 9 heteroatoms. The number of pyridine rings is 1. The van der Waals surface area contributed by atoms with E-state index in [1.165, 1.54) is 5.01 Å². The van der Waals surface area contributed by atoms with Gasteiger partial charge in [-0.15, -0.1) is 0 Å². The molecule has 1 aromatic heterocycles. The average Bonchev–Trinajstić information content (AvgIpc) is 2.90. The van der Waals surface area contributed by atoms with Crippen molar-refractivity contribution in [3.05, 3.63) is 47.7 Å². The quantitative estimate of drug-likeness (QED) is 0.515. The molecule has 1 aromatic carbocycles. The van der Waals surface area contributed by atoms with E-state index < -0.39 is 18.2 Å². The summed E-state index contributed by atoms with van der Waals surface area (Å²) in [6.45, 7) is 12.3. The lowest BCUT2D eigenvalue weighted by Gasteiger charge is -2.35. The monoisotopic (exact) mass is 535 g/mol. The number of nitrogens with zero attached hydrogens (tertiary/aromatic N) is 2. The van der Waals surface area contributed by atoms with Crippen molar-refractivity contribution in [2.45, 2.75) is 78.6 Å². The van der Waals surface area contributed by atoms with E-state index in [2.05, 4.69) is 36.0 Å². The Morgan fingerprint density at radius 2 is 1.74 bits per heavy atom. The molecular formula is C30H41N5O4. The fourth-order valence-electron chi connectivity index (χ4n) is 4.85. The second kappa shape index (κ2) is 11.8. The molecule has 1 saturated heterocycles. The third-order valence-electron chi connectivity index (χ3n) is 7.26. The summed E-state index contributed by atoms with van der Waals surface area (Å²) >= 11 is 0. The lowest BCUT2D eigenvalue weighted by atomic mass is 9.93. The first-order valence-electron chi connectivity index (χ1n) is 13.8. The Morgan fingerprint density at radius 3 is 2.49 bits per heavy atom. The molecule has 2 aliphatic heterocycles. The first-order valence-corrected chi connectivity index (χ1v) is 13.8. The maximum absolute atomic E-state index is 13.2. The summed E-state index contributed by atoms with van der Waals surface area (Å²) in [5, 5.41) is 8.33. The van der Waals surface area contributed by atoms with Crippen molar-refractivity contribution in [2.24, 2.45) is 11.3 Å². The molecule has 2 aliphatic rings. The van der Waals surface area contributed by atoms with Crippen LogP contribution in [0.5, 0.6) is 0 Å². The fourth-order valence-corrected chi connectivity index (χ4v) is 4.85. The number of hydrogen-bond donors (Lipinski definition) is 3. The van der Waals surface area contributed by atoms with E-state index in [1.54, 1.807) is 6.92 Å². The number of rotatable bonds is 1. The van der Waals surface area contributed by atoms with Gasteiger partial charge in [0, 0.05) is 17.3 Å². The van der Waals surface area contributed by atoms with Crippen LogP contribution in [0.1, 0.15) is 71.7 Å². The molecule has 39 heavy (non-hydrogen) atoms. The molecule has 5 bridgehead atoms. The lowest BCUT2D eigenvalue weighted by molar-refractivity contribution is -0.146. The van der Waals surface area contributed by atoms with Gasteiger partial charge in [0.1, 0.15) is 18.2 Å². The molecule has 4 rings (SSSR count). The minimum Gasteiger partial charge on any atom is -0.367 e. The maximum atomic E-state index is 13.2. The van der Waals surface area contributed by atoms with Crippen molar-refractivity contribution in [1.29, 1.82) is 0 Å². The molecule has 0 aliphatic carbocycles. The second-order valence-electron chi connectivity index (χ2n) is 11.8. The summed E-state index contributed by atoms with van der Waals surface area (Å²) in [7, 11) is 0. The van der Waals surface area contributed by atoms with Gasteiger partial charge in [0.15, 0.2) is 0 Å². The summed E-state index contributed by atoms with van der Waals surface area (Å²) in [5.74, 6) is -0.904. The van der Waals surface area contributed by atoms with Crippen molar-refractivity contribution < 1.29 is 19.1 Å². The molecule has 0 unspecified atom stereocenters. The summed E-state index contributed by atoms with van der Waals surface area (Å²) in [6.07, 6.45) is 4.67. The zero-order valence-electron chi connectivity index (χ0n) is 23.8. The highest BCUT2D eigenvalue weighted by Crippen LogP contribution is 2.24. The van der Waals surface area contributed by atoms with E-state index in [9.17, 15) is 14.4 Å². The molecule has 9 nitrogen and oxygen atoms in total. The number of fused-ring (bicyclic) bond motifs is 4. The largest absolute Gasteiger partial charge is 0.367 e. The topological polar surface area (TPSA) is 113 Å². The number of benzene rings is 1. The third-order valence-corrected chi connectivity index (χ3v) is 7.26. The van der Waals surface area contributed by atoms with Gasteiger partial charge in [-0.2, -0.15) is 0 Å². The van der Waals surface area contributed by atoms with Gasteiger partial charge < -0.3 is 15.4 Å². The van der Waals surface area contributed by atoms with E-state index in [-0.39, 0.29) is 35.1 Å². The minimum absolute atomic E-state index is 0.0855. The highest BCUT2D eigenvalue weighted by molar-refractivity contribution is 5.90. The van der Waals surface area contributed by atoms with Gasteiger partial charge in [0.05, 0.1) is 23.9 Å². The third kappa shape index (κ3) is 7.02. The number of hydrogen-bond acceptors (Lipinski definition) is 6. The Hall–Kier alpha value is -3.30. The van der Waals surface area contributed by atoms with Crippen LogP contribution in [0.2, 0.25) is 0 Å². The molecule has 0 saturated carbocycles. The number of hydrazine groups is 1. The van der Waals surface area contributed by atoms with Gasteiger partial charge in [0.25, 0.3) is 5.91 Å². The van der Waals surface area contributed by atoms with Gasteiger partial charge in [-0.1, -0.05) is 58.0 Å². The Labute approximate surface area is 230 Å². The molecular weight excluding hydrogens is 494 g/mol. The van der Waals surface area contributed by atoms with Crippen molar-refractivity contribution in [2.75, 3.05) is 13.2 Å². The lowest BCUT2D eigenvalue weighted by Crippen LogP contribution is -2.61. The van der Waals surface area contributed by atoms with Crippen molar-refractivity contribution in [3.8, 4) is 0 Å². The fraction of sp³-hybridized carbons (Fsp3) is 0.533. The van der Waals surface area contributed by atoms with Crippen LogP contribution in [0.3, 0.4) is 0 Å². The summed E-state index contributed by atoms with van der Waals surface area (Å²) in [5.41, 5.74) is 5.32. The first kappa shape index (κ1) is 28.7. The molecule has 2 aromatic rings. The molecule has 0 radical (unpaired) electrons. The number of carbonyl (C=O) groups excluding carboxylic acids is 3. The summed E-state index contributed by atoms with van der Waals surface area (Å²) < 4.78 is 6.13. The van der Waals surface area contributed by atoms with Gasteiger partial charge in [-0.25, -0.2) is 5.43 Å². The number of nitrogens with one attached hydrogen (secondary N) is 3. The Kier molecular flexibility index (Phi) is 8.71. The van der Waals surface area contributed by atoms with Crippen LogP contribution in [0.4, 0.5) is 0 Å². The number of ether oxygens (including phenoxy) is 1. The number of aromatic nitrogens is 1. The van der Waals surface area contributed by atoms with Crippen LogP contribution in [-0.4, -0.2) is 59.1 Å². The van der Waals surface area contributed by atoms with Crippen LogP contribution in [0, 0.1) is 11.3 Å². The van der Waals surface area contributed by atoms with Crippen LogP contribution in [-0.2, 0) is 19.1 Å². The summed E-state index contributed by atoms with van der Waals surface area (Å²) in [4.78, 5) is 44.3. The molecule has 3 heterocycles. The van der Waals surface area contributed by atoms with Gasteiger partial charge >= 0.3 is 0 Å². The predicted octanol–water partition coefficient (Wildman–Crippen LogP) is 3.51. The van der Waals surface area contributed by atoms with Crippen LogP contribution >= 0.6 is 0 Å². The molecule has 3 N–H and O–H groups in total. The first-order chi connectivity index (χ1) is 18.4. The zero-order chi connectivity index (χ0) is 28.3. The van der Waals surface area contributed by atoms with Gasteiger partial charge in [-0.3, -0.25) is 24.4 Å². The Bertz CT molecular complexity index is 1260. The molecule has 4 atom stereocenters. The highest BCUT2D eigenvalue weighted by atomic mass is 16.5. The van der Waals surface area contributed by atoms with Crippen LogP contribution in [0.15, 0.2) is 36.4 Å². The summed E-state index contributed by atoms with van der Waals surface area (Å²) in [6, 6.07) is 8.39. The van der Waals surface area contributed by atoms with E-state index in [0.29, 0.717) is 26.0 Å². The minimum atomic E-state index is -0.778. The van der Waals surface area contributed by atoms with Crippen LogP contribution in [0.25, 0.3) is 17.0 Å². The Morgan fingerprint density at radius 1 is 1.03 bits per heavy atom. The van der Waals surface area contributed by atoms with Crippen molar-refractivity contribution in [1.82, 2.24) is 26.1 Å². The normalized spacial score (nSPS) is 27.8. The number of carbonyl (C=O) groups is 3. The van der Waals surface area contributed by atoms with Crippen molar-refractivity contribution >= 4 is 34.7 Å². The molecule has 0 spiro atoms. The van der Waals surface area contributed by atoms with E-state index in [4.69, 9.17) is 9.72 Å². The predicted molar refractivity (Wildman–Crippen MR) is 151 cm³/mol. The zero-order valence-corrected chi connectivity index (χ0v) is 23.8. The molecule has 210 valence electrons. The van der Waals surface area contributed by atoms with Crippen molar-refractivity contribution in [3.63, 3.8) is 0 Å². The average molecular weight is 536 g/mol. The second-order valence-corrected chi connectivity index (χ2v) is 11.8. The molecule has 3 amide bonds. The van der Waals surface area contributed by atoms with Crippen LogP contribution < -0.4 is 16.1 Å². The standard InChI is InChI=1S/C30H41N5O4/c1-18(2)26-28(37)32-20(4)29(38)35-15-7-8-24(34-35)27(36)31-19(3)23-12-11-22-10-9-21(16-25(22)33-23)13-14-30(5,6)17-39-26/h9-14,16,18-20,24,26,34H,7-8,15,17H2,1-6H3,(H,31,36)(H,32,37)/b14-13+/t19-,20+,24+,26+/m1/s1. The maximum Gasteiger partial charge on any atom is 0.258 e. The van der Waals surface area contributed by atoms with E-state index in [1.807, 2.05) is 57.2 Å². The van der Waals surface area contributed by atoms with Gasteiger partial charge in [-0.05, 0) is 50.3 Å². The van der Waals surface area contributed by atoms with Gasteiger partial charge in [0.2, 0.25) is 11.8 Å². The number of amides is 3. The van der Waals surface area contributed by atoms with E-state index >= 15 is 0 Å². The smallest absolute Gasteiger partial charge is 0.258 e. The van der Waals surface area contributed by atoms with E-state index in [0.717, 1.165) is 22.2 Å². The molecule has 1 fully saturated rings. The SMILES string of the molecule is CC(C)[C@@H]1OCC(C)(C)/C=C/c2ccc3ccc(nc3c2)[C@@H](C)NC(=O)[C@@H]2CCCN(N2)C(=O)[C@H](C)NC1=O. The Balaban J connectivity index is 1.67. The highest BCUT2D eigenvalue weighted by Gasteiger charge is 2.33.